The lowest BCUT2D eigenvalue weighted by atomic mass is 10.1. The summed E-state index contributed by atoms with van der Waals surface area (Å²) in [6.45, 7) is 2.04. The van der Waals surface area contributed by atoms with Crippen molar-refractivity contribution < 1.29 is 9.32 Å². The first-order valence-electron chi connectivity index (χ1n) is 5.08. The Morgan fingerprint density at radius 3 is 2.75 bits per heavy atom. The van der Waals surface area contributed by atoms with Gasteiger partial charge < -0.3 is 9.32 Å². The maximum absolute atomic E-state index is 10.3. The smallest absolute Gasteiger partial charge is 0.231 e. The van der Waals surface area contributed by atoms with Crippen LogP contribution in [0.5, 0.6) is 0 Å². The molecule has 0 atom stereocenters. The molecule has 0 N–H and O–H groups in total. The SMILES string of the molecule is Cc1ccc(Cc2nc(CC=O)no2)cc1. The molecule has 0 spiro atoms. The zero-order valence-electron chi connectivity index (χ0n) is 9.01. The standard InChI is InChI=1S/C12H12N2O2/c1-9-2-4-10(5-3-9)8-12-13-11(6-7-15)14-16-12/h2-5,7H,6,8H2,1H3. The predicted molar refractivity (Wildman–Crippen MR) is 58.1 cm³/mol. The van der Waals surface area contributed by atoms with Gasteiger partial charge in [-0.15, -0.1) is 0 Å². The van der Waals surface area contributed by atoms with Gasteiger partial charge in [-0.25, -0.2) is 0 Å². The zero-order valence-corrected chi connectivity index (χ0v) is 9.01. The van der Waals surface area contributed by atoms with Gasteiger partial charge >= 0.3 is 0 Å². The number of hydrogen-bond donors (Lipinski definition) is 0. The Morgan fingerprint density at radius 1 is 1.31 bits per heavy atom. The summed E-state index contributed by atoms with van der Waals surface area (Å²) >= 11 is 0. The van der Waals surface area contributed by atoms with Crippen LogP contribution in [0.1, 0.15) is 22.8 Å². The molecule has 0 amide bonds. The second-order valence-electron chi connectivity index (χ2n) is 3.64. The van der Waals surface area contributed by atoms with Crippen LogP contribution < -0.4 is 0 Å². The third-order valence-corrected chi connectivity index (χ3v) is 2.25. The molecule has 0 radical (unpaired) electrons. The third-order valence-electron chi connectivity index (χ3n) is 2.25. The number of carbonyl (C=O) groups is 1. The molecule has 82 valence electrons. The van der Waals surface area contributed by atoms with Gasteiger partial charge in [0.05, 0.1) is 12.8 Å². The maximum atomic E-state index is 10.3. The first kappa shape index (κ1) is 10.5. The van der Waals surface area contributed by atoms with Crippen LogP contribution in [0.2, 0.25) is 0 Å². The van der Waals surface area contributed by atoms with Crippen LogP contribution in [0.3, 0.4) is 0 Å². The molecule has 4 nitrogen and oxygen atoms in total. The van der Waals surface area contributed by atoms with Crippen LogP contribution in [-0.4, -0.2) is 16.4 Å². The summed E-state index contributed by atoms with van der Waals surface area (Å²) in [5.74, 6) is 0.984. The summed E-state index contributed by atoms with van der Waals surface area (Å²) in [6, 6.07) is 8.13. The summed E-state index contributed by atoms with van der Waals surface area (Å²) < 4.78 is 5.03. The highest BCUT2D eigenvalue weighted by Crippen LogP contribution is 2.09. The summed E-state index contributed by atoms with van der Waals surface area (Å²) in [5, 5.41) is 3.70. The zero-order chi connectivity index (χ0) is 11.4. The summed E-state index contributed by atoms with van der Waals surface area (Å²) in [7, 11) is 0. The van der Waals surface area contributed by atoms with E-state index in [2.05, 4.69) is 10.1 Å². The van der Waals surface area contributed by atoms with E-state index in [1.54, 1.807) is 0 Å². The van der Waals surface area contributed by atoms with Crippen molar-refractivity contribution in [1.82, 2.24) is 10.1 Å². The van der Waals surface area contributed by atoms with Crippen LogP contribution in [0.4, 0.5) is 0 Å². The lowest BCUT2D eigenvalue weighted by Crippen LogP contribution is -1.91. The highest BCUT2D eigenvalue weighted by Gasteiger charge is 2.06. The van der Waals surface area contributed by atoms with Gasteiger partial charge in [0.15, 0.2) is 5.82 Å². The predicted octanol–water partition coefficient (Wildman–Crippen LogP) is 1.71. The molecule has 0 fully saturated rings. The molecule has 2 rings (SSSR count). The number of carbonyl (C=O) groups excluding carboxylic acids is 1. The minimum atomic E-state index is 0.206. The normalized spacial score (nSPS) is 10.3. The Kier molecular flexibility index (Phi) is 3.10. The monoisotopic (exact) mass is 216 g/mol. The molecule has 0 saturated heterocycles. The molecule has 0 bridgehead atoms. The van der Waals surface area contributed by atoms with Gasteiger partial charge in [0, 0.05) is 0 Å². The van der Waals surface area contributed by atoms with E-state index in [0.717, 1.165) is 11.8 Å². The molecular weight excluding hydrogens is 204 g/mol. The van der Waals surface area contributed by atoms with Crippen LogP contribution in [-0.2, 0) is 17.6 Å². The van der Waals surface area contributed by atoms with E-state index in [9.17, 15) is 4.79 Å². The van der Waals surface area contributed by atoms with Crippen molar-refractivity contribution >= 4 is 6.29 Å². The average molecular weight is 216 g/mol. The Balaban J connectivity index is 2.08. The molecular formula is C12H12N2O2. The summed E-state index contributed by atoms with van der Waals surface area (Å²) in [4.78, 5) is 14.4. The molecule has 2 aromatic rings. The summed E-state index contributed by atoms with van der Waals surface area (Å²) in [6.07, 6.45) is 1.57. The highest BCUT2D eigenvalue weighted by molar-refractivity contribution is 5.52. The third kappa shape index (κ3) is 2.53. The van der Waals surface area contributed by atoms with E-state index in [4.69, 9.17) is 4.52 Å². The fourth-order valence-corrected chi connectivity index (χ4v) is 1.40. The van der Waals surface area contributed by atoms with Crippen molar-refractivity contribution in [1.29, 1.82) is 0 Å². The summed E-state index contributed by atoms with van der Waals surface area (Å²) in [5.41, 5.74) is 2.34. The number of benzene rings is 1. The van der Waals surface area contributed by atoms with Crippen molar-refractivity contribution in [3.63, 3.8) is 0 Å². The first-order chi connectivity index (χ1) is 7.78. The fraction of sp³-hybridized carbons (Fsp3) is 0.250. The minimum absolute atomic E-state index is 0.206. The molecule has 1 aromatic carbocycles. The minimum Gasteiger partial charge on any atom is -0.339 e. The molecule has 0 saturated carbocycles. The van der Waals surface area contributed by atoms with Crippen molar-refractivity contribution in [3.05, 3.63) is 47.1 Å². The topological polar surface area (TPSA) is 56.0 Å². The van der Waals surface area contributed by atoms with E-state index in [-0.39, 0.29) is 6.42 Å². The number of nitrogens with zero attached hydrogens (tertiary/aromatic N) is 2. The molecule has 0 aliphatic carbocycles. The van der Waals surface area contributed by atoms with Crippen molar-refractivity contribution in [2.75, 3.05) is 0 Å². The van der Waals surface area contributed by atoms with Gasteiger partial charge in [-0.3, -0.25) is 0 Å². The van der Waals surface area contributed by atoms with Crippen molar-refractivity contribution in [3.8, 4) is 0 Å². The lowest BCUT2D eigenvalue weighted by Gasteiger charge is -1.96. The molecule has 0 aliphatic heterocycles. The van der Waals surface area contributed by atoms with Gasteiger partial charge in [0.25, 0.3) is 0 Å². The second-order valence-corrected chi connectivity index (χ2v) is 3.64. The van der Waals surface area contributed by atoms with E-state index < -0.39 is 0 Å². The largest absolute Gasteiger partial charge is 0.339 e. The number of aryl methyl sites for hydroxylation is 1. The number of hydrogen-bond acceptors (Lipinski definition) is 4. The molecule has 0 aliphatic rings. The van der Waals surface area contributed by atoms with E-state index in [0.29, 0.717) is 18.1 Å². The van der Waals surface area contributed by atoms with Gasteiger partial charge in [0.1, 0.15) is 6.29 Å². The van der Waals surface area contributed by atoms with Gasteiger partial charge in [-0.05, 0) is 12.5 Å². The Labute approximate surface area is 93.3 Å². The van der Waals surface area contributed by atoms with Crippen molar-refractivity contribution in [2.45, 2.75) is 19.8 Å². The van der Waals surface area contributed by atoms with Gasteiger partial charge in [0.2, 0.25) is 5.89 Å². The Bertz CT molecular complexity index is 474. The van der Waals surface area contributed by atoms with Crippen LogP contribution in [0.15, 0.2) is 28.8 Å². The lowest BCUT2D eigenvalue weighted by molar-refractivity contribution is -0.107. The molecule has 1 heterocycles. The van der Waals surface area contributed by atoms with Crippen LogP contribution in [0, 0.1) is 6.92 Å². The first-order valence-corrected chi connectivity index (χ1v) is 5.08. The highest BCUT2D eigenvalue weighted by atomic mass is 16.5. The van der Waals surface area contributed by atoms with E-state index in [1.807, 2.05) is 31.2 Å². The average Bonchev–Trinajstić information content (AvgIpc) is 2.70. The van der Waals surface area contributed by atoms with Gasteiger partial charge in [-0.2, -0.15) is 4.98 Å². The molecule has 0 unspecified atom stereocenters. The fourth-order valence-electron chi connectivity index (χ4n) is 1.40. The number of aromatic nitrogens is 2. The van der Waals surface area contributed by atoms with E-state index in [1.165, 1.54) is 5.56 Å². The molecule has 4 heteroatoms. The Morgan fingerprint density at radius 2 is 2.06 bits per heavy atom. The molecule has 16 heavy (non-hydrogen) atoms. The van der Waals surface area contributed by atoms with Crippen LogP contribution >= 0.6 is 0 Å². The van der Waals surface area contributed by atoms with Gasteiger partial charge in [-0.1, -0.05) is 35.0 Å². The second kappa shape index (κ2) is 4.70. The van der Waals surface area contributed by atoms with Crippen molar-refractivity contribution in [2.24, 2.45) is 0 Å². The van der Waals surface area contributed by atoms with E-state index >= 15 is 0 Å². The number of aldehydes is 1. The van der Waals surface area contributed by atoms with Crippen LogP contribution in [0.25, 0.3) is 0 Å². The molecule has 1 aromatic heterocycles. The number of rotatable bonds is 4. The Hall–Kier alpha value is -1.97. The quantitative estimate of drug-likeness (QED) is 0.730. The maximum Gasteiger partial charge on any atom is 0.231 e.